The van der Waals surface area contributed by atoms with Gasteiger partial charge in [0.1, 0.15) is 5.76 Å². The van der Waals surface area contributed by atoms with Gasteiger partial charge in [-0.3, -0.25) is 0 Å². The Hall–Kier alpha value is -2.33. The van der Waals surface area contributed by atoms with Crippen LogP contribution in [0.1, 0.15) is 12.7 Å². The van der Waals surface area contributed by atoms with Crippen LogP contribution in [-0.2, 0) is 6.54 Å². The molecular weight excluding hydrogens is 250 g/mol. The Morgan fingerprint density at radius 2 is 2.05 bits per heavy atom. The summed E-state index contributed by atoms with van der Waals surface area (Å²) in [4.78, 5) is 0. The third-order valence-electron chi connectivity index (χ3n) is 3.20. The number of hydrogen-bond acceptors (Lipinski definition) is 3. The minimum Gasteiger partial charge on any atom is -0.467 e. The predicted octanol–water partition coefficient (Wildman–Crippen LogP) is 3.24. The van der Waals surface area contributed by atoms with E-state index in [0.717, 1.165) is 35.7 Å². The standard InChI is InChI=1S/C16H17N3O/c1-2-17-11-16-15(8-9-20-16)13-10-18-19(12-13)14-6-4-3-5-7-14/h3-10,12,17H,2,11H2,1H3. The van der Waals surface area contributed by atoms with E-state index in [1.807, 2.05) is 53.5 Å². The molecule has 0 atom stereocenters. The van der Waals surface area contributed by atoms with Crippen LogP contribution in [-0.4, -0.2) is 16.3 Å². The fourth-order valence-electron chi connectivity index (χ4n) is 2.16. The molecule has 0 spiro atoms. The lowest BCUT2D eigenvalue weighted by Gasteiger charge is -2.01. The zero-order chi connectivity index (χ0) is 13.8. The van der Waals surface area contributed by atoms with Crippen LogP contribution in [0.5, 0.6) is 0 Å². The topological polar surface area (TPSA) is 43.0 Å². The molecule has 0 bridgehead atoms. The Morgan fingerprint density at radius 1 is 1.20 bits per heavy atom. The third-order valence-corrected chi connectivity index (χ3v) is 3.20. The monoisotopic (exact) mass is 267 g/mol. The van der Waals surface area contributed by atoms with Crippen molar-refractivity contribution in [2.75, 3.05) is 6.54 Å². The summed E-state index contributed by atoms with van der Waals surface area (Å²) in [5, 5.41) is 7.70. The Kier molecular flexibility index (Phi) is 3.65. The van der Waals surface area contributed by atoms with E-state index >= 15 is 0 Å². The van der Waals surface area contributed by atoms with Crippen LogP contribution >= 0.6 is 0 Å². The van der Waals surface area contributed by atoms with Gasteiger partial charge in [0, 0.05) is 17.3 Å². The molecule has 0 aliphatic heterocycles. The highest BCUT2D eigenvalue weighted by Gasteiger charge is 2.10. The van der Waals surface area contributed by atoms with Gasteiger partial charge in [0.25, 0.3) is 0 Å². The summed E-state index contributed by atoms with van der Waals surface area (Å²) < 4.78 is 7.41. The van der Waals surface area contributed by atoms with Gasteiger partial charge in [-0.1, -0.05) is 25.1 Å². The Labute approximate surface area is 118 Å². The van der Waals surface area contributed by atoms with E-state index in [2.05, 4.69) is 17.3 Å². The number of aromatic nitrogens is 2. The van der Waals surface area contributed by atoms with Gasteiger partial charge in [0.15, 0.2) is 0 Å². The summed E-state index contributed by atoms with van der Waals surface area (Å²) in [6.45, 7) is 3.73. The minimum absolute atomic E-state index is 0.731. The SMILES string of the molecule is CCNCc1occc1-c1cnn(-c2ccccc2)c1. The van der Waals surface area contributed by atoms with Crippen molar-refractivity contribution < 1.29 is 4.42 Å². The summed E-state index contributed by atoms with van der Waals surface area (Å²) in [5.74, 6) is 0.944. The second-order valence-corrected chi connectivity index (χ2v) is 4.55. The van der Waals surface area contributed by atoms with E-state index in [4.69, 9.17) is 4.42 Å². The Bertz CT molecular complexity index is 670. The summed E-state index contributed by atoms with van der Waals surface area (Å²) in [5.41, 5.74) is 3.21. The average Bonchev–Trinajstić information content (AvgIpc) is 3.14. The van der Waals surface area contributed by atoms with E-state index in [-0.39, 0.29) is 0 Å². The van der Waals surface area contributed by atoms with E-state index in [9.17, 15) is 0 Å². The second kappa shape index (κ2) is 5.75. The molecule has 20 heavy (non-hydrogen) atoms. The van der Waals surface area contributed by atoms with Crippen molar-refractivity contribution in [3.63, 3.8) is 0 Å². The average molecular weight is 267 g/mol. The van der Waals surface area contributed by atoms with Gasteiger partial charge < -0.3 is 9.73 Å². The molecule has 1 N–H and O–H groups in total. The molecule has 102 valence electrons. The number of para-hydroxylation sites is 1. The lowest BCUT2D eigenvalue weighted by Crippen LogP contribution is -2.11. The highest BCUT2D eigenvalue weighted by molar-refractivity contribution is 5.64. The molecule has 2 heterocycles. The largest absolute Gasteiger partial charge is 0.467 e. The molecule has 0 radical (unpaired) electrons. The molecule has 0 saturated carbocycles. The zero-order valence-corrected chi connectivity index (χ0v) is 11.4. The molecular formula is C16H17N3O. The maximum absolute atomic E-state index is 5.54. The van der Waals surface area contributed by atoms with Crippen LogP contribution in [0.15, 0.2) is 59.5 Å². The van der Waals surface area contributed by atoms with Crippen LogP contribution in [0.2, 0.25) is 0 Å². The predicted molar refractivity (Wildman–Crippen MR) is 78.6 cm³/mol. The van der Waals surface area contributed by atoms with Crippen molar-refractivity contribution >= 4 is 0 Å². The molecule has 4 heteroatoms. The van der Waals surface area contributed by atoms with Crippen LogP contribution < -0.4 is 5.32 Å². The molecule has 2 aromatic heterocycles. The van der Waals surface area contributed by atoms with Gasteiger partial charge in [0.05, 0.1) is 24.7 Å². The molecule has 0 fully saturated rings. The van der Waals surface area contributed by atoms with Gasteiger partial charge in [-0.2, -0.15) is 5.10 Å². The quantitative estimate of drug-likeness (QED) is 0.771. The summed E-state index contributed by atoms with van der Waals surface area (Å²) >= 11 is 0. The highest BCUT2D eigenvalue weighted by Crippen LogP contribution is 2.25. The fraction of sp³-hybridized carbons (Fsp3) is 0.188. The molecule has 0 unspecified atom stereocenters. The minimum atomic E-state index is 0.731. The first kappa shape index (κ1) is 12.7. The molecule has 4 nitrogen and oxygen atoms in total. The maximum Gasteiger partial charge on any atom is 0.125 e. The van der Waals surface area contributed by atoms with Gasteiger partial charge in [0.2, 0.25) is 0 Å². The van der Waals surface area contributed by atoms with E-state index in [1.165, 1.54) is 0 Å². The van der Waals surface area contributed by atoms with Crippen LogP contribution in [0, 0.1) is 0 Å². The van der Waals surface area contributed by atoms with Gasteiger partial charge in [-0.05, 0) is 24.7 Å². The third kappa shape index (κ3) is 2.51. The zero-order valence-electron chi connectivity index (χ0n) is 11.4. The molecule has 0 amide bonds. The highest BCUT2D eigenvalue weighted by atomic mass is 16.3. The number of hydrogen-bond donors (Lipinski definition) is 1. The second-order valence-electron chi connectivity index (χ2n) is 4.55. The molecule has 0 aliphatic rings. The van der Waals surface area contributed by atoms with Crippen molar-refractivity contribution in [3.05, 3.63) is 60.8 Å². The normalized spacial score (nSPS) is 10.8. The van der Waals surface area contributed by atoms with Crippen molar-refractivity contribution in [2.45, 2.75) is 13.5 Å². The molecule has 0 aliphatic carbocycles. The van der Waals surface area contributed by atoms with Crippen molar-refractivity contribution in [2.24, 2.45) is 0 Å². The number of nitrogens with zero attached hydrogens (tertiary/aromatic N) is 2. The number of rotatable bonds is 5. The molecule has 3 rings (SSSR count). The number of benzene rings is 1. The van der Waals surface area contributed by atoms with E-state index in [1.54, 1.807) is 6.26 Å². The lowest BCUT2D eigenvalue weighted by molar-refractivity contribution is 0.489. The maximum atomic E-state index is 5.54. The van der Waals surface area contributed by atoms with Crippen LogP contribution in [0.25, 0.3) is 16.8 Å². The van der Waals surface area contributed by atoms with Gasteiger partial charge >= 0.3 is 0 Å². The molecule has 3 aromatic rings. The van der Waals surface area contributed by atoms with E-state index < -0.39 is 0 Å². The van der Waals surface area contributed by atoms with Gasteiger partial charge in [-0.15, -0.1) is 0 Å². The molecule has 0 saturated heterocycles. The summed E-state index contributed by atoms with van der Waals surface area (Å²) in [6.07, 6.45) is 5.62. The van der Waals surface area contributed by atoms with Gasteiger partial charge in [-0.25, -0.2) is 4.68 Å². The first-order chi connectivity index (χ1) is 9.88. The van der Waals surface area contributed by atoms with Crippen molar-refractivity contribution in [3.8, 4) is 16.8 Å². The van der Waals surface area contributed by atoms with Crippen molar-refractivity contribution in [1.29, 1.82) is 0 Å². The summed E-state index contributed by atoms with van der Waals surface area (Å²) in [7, 11) is 0. The first-order valence-electron chi connectivity index (χ1n) is 6.76. The number of furan rings is 1. The van der Waals surface area contributed by atoms with Crippen LogP contribution in [0.3, 0.4) is 0 Å². The smallest absolute Gasteiger partial charge is 0.125 e. The lowest BCUT2D eigenvalue weighted by atomic mass is 10.1. The summed E-state index contributed by atoms with van der Waals surface area (Å²) in [6, 6.07) is 12.1. The van der Waals surface area contributed by atoms with E-state index in [0.29, 0.717) is 0 Å². The fourth-order valence-corrected chi connectivity index (χ4v) is 2.16. The van der Waals surface area contributed by atoms with Crippen molar-refractivity contribution in [1.82, 2.24) is 15.1 Å². The van der Waals surface area contributed by atoms with Crippen LogP contribution in [0.4, 0.5) is 0 Å². The number of nitrogens with one attached hydrogen (secondary N) is 1. The molecule has 1 aromatic carbocycles. The Morgan fingerprint density at radius 3 is 2.85 bits per heavy atom. The first-order valence-corrected chi connectivity index (χ1v) is 6.76. The Balaban J connectivity index is 1.89.